The van der Waals surface area contributed by atoms with E-state index in [1.807, 2.05) is 0 Å². The van der Waals surface area contributed by atoms with Gasteiger partial charge in [0.2, 0.25) is 0 Å². The highest BCUT2D eigenvalue weighted by molar-refractivity contribution is 5.32. The van der Waals surface area contributed by atoms with Crippen molar-refractivity contribution in [3.8, 4) is 0 Å². The lowest BCUT2D eigenvalue weighted by Crippen LogP contribution is -2.18. The molecule has 0 radical (unpaired) electrons. The maximum atomic E-state index is 2.52. The molecule has 3 fully saturated rings. The first-order valence-electron chi connectivity index (χ1n) is 4.80. The third-order valence-corrected chi connectivity index (χ3v) is 4.70. The summed E-state index contributed by atoms with van der Waals surface area (Å²) in [6, 6.07) is 0. The van der Waals surface area contributed by atoms with Crippen molar-refractivity contribution in [2.45, 2.75) is 45.4 Å². The van der Waals surface area contributed by atoms with Gasteiger partial charge in [-0.3, -0.25) is 0 Å². The lowest BCUT2D eigenvalue weighted by atomic mass is 9.75. The van der Waals surface area contributed by atoms with Crippen molar-refractivity contribution in [1.29, 1.82) is 0 Å². The number of fused-ring (bicyclic) bond motifs is 3. The molecule has 0 aliphatic heterocycles. The van der Waals surface area contributed by atoms with E-state index in [-0.39, 0.29) is 0 Å². The van der Waals surface area contributed by atoms with Crippen LogP contribution in [0.3, 0.4) is 0 Å². The molecule has 0 heteroatoms. The summed E-state index contributed by atoms with van der Waals surface area (Å²) in [4.78, 5) is 0. The molecule has 3 aliphatic carbocycles. The van der Waals surface area contributed by atoms with Crippen LogP contribution in [0.4, 0.5) is 0 Å². The largest absolute Gasteiger partial charge is 0.0588 e. The van der Waals surface area contributed by atoms with Crippen molar-refractivity contribution in [2.75, 3.05) is 0 Å². The van der Waals surface area contributed by atoms with Gasteiger partial charge in [0.15, 0.2) is 0 Å². The molecule has 0 saturated heterocycles. The Morgan fingerprint density at radius 3 is 2.00 bits per heavy atom. The Labute approximate surface area is 63.0 Å². The molecular weight excluding hydrogens is 120 g/mol. The van der Waals surface area contributed by atoms with E-state index >= 15 is 0 Å². The molecule has 10 heavy (non-hydrogen) atoms. The Morgan fingerprint density at radius 2 is 1.70 bits per heavy atom. The molecule has 3 aliphatic rings. The molecule has 1 spiro atoms. The molecule has 3 rings (SSSR count). The highest BCUT2D eigenvalue weighted by Gasteiger charge is 2.84. The molecule has 2 unspecified atom stereocenters. The minimum atomic E-state index is 0.882. The van der Waals surface area contributed by atoms with E-state index in [1.54, 1.807) is 19.3 Å². The molecular formula is C10H16. The molecule has 0 nitrogen and oxygen atoms in total. The minimum Gasteiger partial charge on any atom is -0.0588 e. The Morgan fingerprint density at radius 1 is 1.10 bits per heavy atom. The molecule has 0 heterocycles. The van der Waals surface area contributed by atoms with Crippen LogP contribution in [0.25, 0.3) is 0 Å². The smallest absolute Gasteiger partial charge is 0.0207 e. The third-order valence-electron chi connectivity index (χ3n) is 4.70. The van der Waals surface area contributed by atoms with Crippen molar-refractivity contribution >= 4 is 0 Å². The fourth-order valence-corrected chi connectivity index (χ4v) is 3.69. The first kappa shape index (κ1) is 5.62. The van der Waals surface area contributed by atoms with Crippen LogP contribution in [0.2, 0.25) is 0 Å². The Hall–Kier alpha value is 0. The van der Waals surface area contributed by atoms with Crippen LogP contribution in [0, 0.1) is 16.7 Å². The standard InChI is InChI=1S/C10H16/c1-9-7-8(9)10(9)5-3-2-4-6-10/h8H,2-7H2,1H3. The summed E-state index contributed by atoms with van der Waals surface area (Å²) in [6.07, 6.45) is 9.32. The van der Waals surface area contributed by atoms with Gasteiger partial charge in [-0.05, 0) is 36.0 Å². The van der Waals surface area contributed by atoms with E-state index in [1.165, 1.54) is 25.2 Å². The van der Waals surface area contributed by atoms with Gasteiger partial charge < -0.3 is 0 Å². The fraction of sp³-hybridized carbons (Fsp3) is 1.00. The highest BCUT2D eigenvalue weighted by atomic mass is 14.9. The Kier molecular flexibility index (Phi) is 0.735. The maximum absolute atomic E-state index is 2.52. The fourth-order valence-electron chi connectivity index (χ4n) is 3.69. The van der Waals surface area contributed by atoms with Crippen molar-refractivity contribution in [2.24, 2.45) is 16.7 Å². The predicted octanol–water partition coefficient (Wildman–Crippen LogP) is 2.98. The molecule has 0 amide bonds. The van der Waals surface area contributed by atoms with Crippen LogP contribution < -0.4 is 0 Å². The number of hydrogen-bond acceptors (Lipinski definition) is 0. The van der Waals surface area contributed by atoms with Crippen LogP contribution in [0.15, 0.2) is 0 Å². The molecule has 0 N–H and O–H groups in total. The molecule has 0 aromatic heterocycles. The molecule has 0 aromatic rings. The average Bonchev–Trinajstić information content (AvgIpc) is 2.78. The second-order valence-corrected chi connectivity index (χ2v) is 4.89. The zero-order chi connectivity index (χ0) is 6.82. The average molecular weight is 136 g/mol. The second-order valence-electron chi connectivity index (χ2n) is 4.89. The summed E-state index contributed by atoms with van der Waals surface area (Å²) in [5.74, 6) is 1.19. The monoisotopic (exact) mass is 136 g/mol. The van der Waals surface area contributed by atoms with E-state index in [9.17, 15) is 0 Å². The lowest BCUT2D eigenvalue weighted by Gasteiger charge is -2.29. The van der Waals surface area contributed by atoms with Crippen molar-refractivity contribution < 1.29 is 0 Å². The molecule has 56 valence electrons. The zero-order valence-electron chi connectivity index (χ0n) is 6.82. The molecule has 0 bridgehead atoms. The normalized spacial score (nSPS) is 54.3. The number of hydrogen-bond donors (Lipinski definition) is 0. The van der Waals surface area contributed by atoms with Gasteiger partial charge in [-0.15, -0.1) is 0 Å². The van der Waals surface area contributed by atoms with Crippen LogP contribution in [0.5, 0.6) is 0 Å². The summed E-state index contributed by atoms with van der Waals surface area (Å²) < 4.78 is 0. The van der Waals surface area contributed by atoms with E-state index in [2.05, 4.69) is 6.92 Å². The van der Waals surface area contributed by atoms with E-state index in [4.69, 9.17) is 0 Å². The summed E-state index contributed by atoms with van der Waals surface area (Å²) in [5, 5.41) is 0. The topological polar surface area (TPSA) is 0 Å². The second kappa shape index (κ2) is 1.31. The molecule has 0 aromatic carbocycles. The van der Waals surface area contributed by atoms with Crippen LogP contribution in [-0.2, 0) is 0 Å². The van der Waals surface area contributed by atoms with Gasteiger partial charge in [0.05, 0.1) is 0 Å². The first-order valence-corrected chi connectivity index (χ1v) is 4.80. The SMILES string of the molecule is CC12CC1C21CCCCC1. The van der Waals surface area contributed by atoms with Crippen molar-refractivity contribution in [3.63, 3.8) is 0 Å². The summed E-state index contributed by atoms with van der Waals surface area (Å²) in [7, 11) is 0. The van der Waals surface area contributed by atoms with Gasteiger partial charge in [0.25, 0.3) is 0 Å². The van der Waals surface area contributed by atoms with E-state index in [0.717, 1.165) is 10.8 Å². The van der Waals surface area contributed by atoms with Crippen LogP contribution >= 0.6 is 0 Å². The van der Waals surface area contributed by atoms with Gasteiger partial charge in [0.1, 0.15) is 0 Å². The van der Waals surface area contributed by atoms with Gasteiger partial charge >= 0.3 is 0 Å². The Balaban J connectivity index is 1.82. The van der Waals surface area contributed by atoms with E-state index < -0.39 is 0 Å². The van der Waals surface area contributed by atoms with Crippen molar-refractivity contribution in [1.82, 2.24) is 0 Å². The van der Waals surface area contributed by atoms with Crippen molar-refractivity contribution in [3.05, 3.63) is 0 Å². The summed E-state index contributed by atoms with van der Waals surface area (Å²) >= 11 is 0. The van der Waals surface area contributed by atoms with Gasteiger partial charge in [-0.25, -0.2) is 0 Å². The van der Waals surface area contributed by atoms with Gasteiger partial charge in [-0.1, -0.05) is 26.2 Å². The minimum absolute atomic E-state index is 0.882. The summed E-state index contributed by atoms with van der Waals surface area (Å²) in [6.45, 7) is 2.52. The quantitative estimate of drug-likeness (QED) is 0.480. The zero-order valence-corrected chi connectivity index (χ0v) is 6.82. The van der Waals surface area contributed by atoms with Crippen LogP contribution in [0.1, 0.15) is 45.4 Å². The molecule has 3 saturated carbocycles. The highest BCUT2D eigenvalue weighted by Crippen LogP contribution is 2.91. The number of rotatable bonds is 0. The lowest BCUT2D eigenvalue weighted by molar-refractivity contribution is 0.213. The van der Waals surface area contributed by atoms with Gasteiger partial charge in [-0.2, -0.15) is 0 Å². The maximum Gasteiger partial charge on any atom is -0.0207 e. The Bertz CT molecular complexity index is 176. The predicted molar refractivity (Wildman–Crippen MR) is 41.7 cm³/mol. The van der Waals surface area contributed by atoms with Gasteiger partial charge in [0, 0.05) is 0 Å². The van der Waals surface area contributed by atoms with E-state index in [0.29, 0.717) is 0 Å². The van der Waals surface area contributed by atoms with Crippen LogP contribution in [-0.4, -0.2) is 0 Å². The first-order chi connectivity index (χ1) is 4.80. The summed E-state index contributed by atoms with van der Waals surface area (Å²) in [5.41, 5.74) is 1.80. The third kappa shape index (κ3) is 0.383. The molecule has 2 atom stereocenters.